The van der Waals surface area contributed by atoms with Crippen LogP contribution in [-0.4, -0.2) is 22.4 Å². The van der Waals surface area contributed by atoms with Crippen LogP contribution in [0.4, 0.5) is 5.82 Å². The molecule has 2 rings (SSSR count). The van der Waals surface area contributed by atoms with Gasteiger partial charge >= 0.3 is 0 Å². The van der Waals surface area contributed by atoms with E-state index in [4.69, 9.17) is 0 Å². The number of nitrogens with zero attached hydrogens (tertiary/aromatic N) is 2. The maximum absolute atomic E-state index is 11.9. The van der Waals surface area contributed by atoms with Crippen molar-refractivity contribution in [3.8, 4) is 0 Å². The van der Waals surface area contributed by atoms with Crippen molar-refractivity contribution >= 4 is 11.7 Å². The van der Waals surface area contributed by atoms with Gasteiger partial charge in [0.25, 0.3) is 5.91 Å². The van der Waals surface area contributed by atoms with E-state index in [2.05, 4.69) is 65.6 Å². The van der Waals surface area contributed by atoms with Crippen molar-refractivity contribution in [2.75, 3.05) is 11.9 Å². The number of nitrogens with one attached hydrogen (secondary N) is 2. The Morgan fingerprint density at radius 2 is 1.87 bits per heavy atom. The predicted octanol–water partition coefficient (Wildman–Crippen LogP) is 3.17. The van der Waals surface area contributed by atoms with Gasteiger partial charge in [-0.3, -0.25) is 4.79 Å². The second kappa shape index (κ2) is 8.27. The van der Waals surface area contributed by atoms with E-state index in [0.29, 0.717) is 30.5 Å². The number of hydrogen-bond acceptors (Lipinski definition) is 4. The molecule has 23 heavy (non-hydrogen) atoms. The van der Waals surface area contributed by atoms with Gasteiger partial charge in [0.05, 0.1) is 12.4 Å². The molecule has 0 atom stereocenters. The number of hydrogen-bond donors (Lipinski definition) is 2. The van der Waals surface area contributed by atoms with Crippen molar-refractivity contribution in [2.45, 2.75) is 33.7 Å². The molecule has 2 aromatic rings. The largest absolute Gasteiger partial charge is 0.365 e. The summed E-state index contributed by atoms with van der Waals surface area (Å²) in [6.45, 7) is 7.65. The Bertz CT molecular complexity index is 620. The van der Waals surface area contributed by atoms with Crippen molar-refractivity contribution < 1.29 is 4.79 Å². The summed E-state index contributed by atoms with van der Waals surface area (Å²) >= 11 is 0. The maximum atomic E-state index is 11.9. The predicted molar refractivity (Wildman–Crippen MR) is 92.3 cm³/mol. The lowest BCUT2D eigenvalue weighted by Crippen LogP contribution is -2.26. The molecule has 0 unspecified atom stereocenters. The third-order valence-corrected chi connectivity index (χ3v) is 3.49. The molecule has 0 bridgehead atoms. The highest BCUT2D eigenvalue weighted by atomic mass is 16.1. The zero-order valence-corrected chi connectivity index (χ0v) is 14.0. The summed E-state index contributed by atoms with van der Waals surface area (Å²) in [6, 6.07) is 8.30. The number of amides is 1. The molecule has 0 spiro atoms. The van der Waals surface area contributed by atoms with Crippen LogP contribution in [0.5, 0.6) is 0 Å². The molecule has 1 aromatic heterocycles. The smallest absolute Gasteiger partial charge is 0.271 e. The van der Waals surface area contributed by atoms with Crippen molar-refractivity contribution in [1.29, 1.82) is 0 Å². The highest BCUT2D eigenvalue weighted by molar-refractivity contribution is 5.91. The molecule has 0 saturated carbocycles. The van der Waals surface area contributed by atoms with Crippen molar-refractivity contribution in [3.05, 3.63) is 53.5 Å². The van der Waals surface area contributed by atoms with Crippen LogP contribution in [0.25, 0.3) is 0 Å². The number of benzene rings is 1. The molecule has 0 radical (unpaired) electrons. The molecule has 1 amide bonds. The van der Waals surface area contributed by atoms with Crippen LogP contribution < -0.4 is 10.6 Å². The average Bonchev–Trinajstić information content (AvgIpc) is 2.54. The summed E-state index contributed by atoms with van der Waals surface area (Å²) in [6.07, 6.45) is 4.04. The Kier molecular flexibility index (Phi) is 6.09. The minimum atomic E-state index is -0.178. The highest BCUT2D eigenvalue weighted by Gasteiger charge is 2.07. The zero-order valence-electron chi connectivity index (χ0n) is 14.0. The van der Waals surface area contributed by atoms with Gasteiger partial charge in [-0.15, -0.1) is 0 Å². The van der Waals surface area contributed by atoms with E-state index in [1.807, 2.05) is 0 Å². The van der Waals surface area contributed by atoms with Crippen LogP contribution in [0, 0.1) is 12.8 Å². The van der Waals surface area contributed by atoms with E-state index in [-0.39, 0.29) is 5.91 Å². The first kappa shape index (κ1) is 16.9. The third-order valence-electron chi connectivity index (χ3n) is 3.49. The Morgan fingerprint density at radius 1 is 1.13 bits per heavy atom. The van der Waals surface area contributed by atoms with Gasteiger partial charge in [0, 0.05) is 13.1 Å². The van der Waals surface area contributed by atoms with Crippen LogP contribution in [0.3, 0.4) is 0 Å². The van der Waals surface area contributed by atoms with E-state index in [1.54, 1.807) is 6.20 Å². The molecule has 122 valence electrons. The molecule has 1 aromatic carbocycles. The van der Waals surface area contributed by atoms with E-state index >= 15 is 0 Å². The summed E-state index contributed by atoms with van der Waals surface area (Å²) in [5.41, 5.74) is 2.75. The Morgan fingerprint density at radius 3 is 2.48 bits per heavy atom. The molecule has 0 saturated heterocycles. The quantitative estimate of drug-likeness (QED) is 0.824. The molecule has 5 heteroatoms. The standard InChI is InChI=1S/C18H24N4O/c1-13(2)8-9-19-18(23)16-11-22-17(12-20-16)21-10-15-6-4-14(3)5-7-15/h4-7,11-13H,8-10H2,1-3H3,(H,19,23)(H,21,22). The van der Waals surface area contributed by atoms with Gasteiger partial charge in [0.2, 0.25) is 0 Å². The summed E-state index contributed by atoms with van der Waals surface area (Å²) in [5.74, 6) is 1.04. The minimum Gasteiger partial charge on any atom is -0.365 e. The van der Waals surface area contributed by atoms with E-state index in [1.165, 1.54) is 17.3 Å². The molecular formula is C18H24N4O. The van der Waals surface area contributed by atoms with Gasteiger partial charge in [-0.25, -0.2) is 9.97 Å². The summed E-state index contributed by atoms with van der Waals surface area (Å²) in [4.78, 5) is 20.3. The molecule has 0 aliphatic rings. The first-order valence-corrected chi connectivity index (χ1v) is 7.94. The van der Waals surface area contributed by atoms with Crippen molar-refractivity contribution in [3.63, 3.8) is 0 Å². The van der Waals surface area contributed by atoms with Crippen LogP contribution in [0.1, 0.15) is 41.9 Å². The van der Waals surface area contributed by atoms with Gasteiger partial charge in [0.1, 0.15) is 11.5 Å². The number of carbonyl (C=O) groups is 1. The number of aryl methyl sites for hydroxylation is 1. The fraction of sp³-hybridized carbons (Fsp3) is 0.389. The van der Waals surface area contributed by atoms with Crippen LogP contribution in [0.15, 0.2) is 36.7 Å². The lowest BCUT2D eigenvalue weighted by molar-refractivity contribution is 0.0946. The summed E-state index contributed by atoms with van der Waals surface area (Å²) in [7, 11) is 0. The molecule has 1 heterocycles. The van der Waals surface area contributed by atoms with Gasteiger partial charge < -0.3 is 10.6 Å². The number of aromatic nitrogens is 2. The molecule has 0 aliphatic carbocycles. The molecule has 2 N–H and O–H groups in total. The van der Waals surface area contributed by atoms with Gasteiger partial charge in [0.15, 0.2) is 0 Å². The second-order valence-corrected chi connectivity index (χ2v) is 6.06. The minimum absolute atomic E-state index is 0.178. The Labute approximate surface area is 137 Å². The fourth-order valence-corrected chi connectivity index (χ4v) is 2.00. The number of rotatable bonds is 7. The summed E-state index contributed by atoms with van der Waals surface area (Å²) < 4.78 is 0. The molecular weight excluding hydrogens is 288 g/mol. The number of carbonyl (C=O) groups excluding carboxylic acids is 1. The average molecular weight is 312 g/mol. The van der Waals surface area contributed by atoms with E-state index in [9.17, 15) is 4.79 Å². The fourth-order valence-electron chi connectivity index (χ4n) is 2.00. The maximum Gasteiger partial charge on any atom is 0.271 e. The highest BCUT2D eigenvalue weighted by Crippen LogP contribution is 2.07. The normalized spacial score (nSPS) is 10.6. The van der Waals surface area contributed by atoms with E-state index in [0.717, 1.165) is 6.42 Å². The van der Waals surface area contributed by atoms with Gasteiger partial charge in [-0.05, 0) is 24.8 Å². The summed E-state index contributed by atoms with van der Waals surface area (Å²) in [5, 5.41) is 6.05. The Hall–Kier alpha value is -2.43. The van der Waals surface area contributed by atoms with Crippen molar-refractivity contribution in [2.24, 2.45) is 5.92 Å². The second-order valence-electron chi connectivity index (χ2n) is 6.06. The topological polar surface area (TPSA) is 66.9 Å². The van der Waals surface area contributed by atoms with Gasteiger partial charge in [-0.1, -0.05) is 43.7 Å². The monoisotopic (exact) mass is 312 g/mol. The molecule has 5 nitrogen and oxygen atoms in total. The molecule has 0 fully saturated rings. The van der Waals surface area contributed by atoms with Gasteiger partial charge in [-0.2, -0.15) is 0 Å². The van der Waals surface area contributed by atoms with E-state index < -0.39 is 0 Å². The first-order chi connectivity index (χ1) is 11.0. The number of anilines is 1. The molecule has 0 aliphatic heterocycles. The van der Waals surface area contributed by atoms with Crippen LogP contribution >= 0.6 is 0 Å². The lowest BCUT2D eigenvalue weighted by atomic mass is 10.1. The van der Waals surface area contributed by atoms with Crippen LogP contribution in [-0.2, 0) is 6.54 Å². The van der Waals surface area contributed by atoms with Crippen molar-refractivity contribution in [1.82, 2.24) is 15.3 Å². The first-order valence-electron chi connectivity index (χ1n) is 7.94. The Balaban J connectivity index is 1.84. The third kappa shape index (κ3) is 5.70. The SMILES string of the molecule is Cc1ccc(CNc2cnc(C(=O)NCCC(C)C)cn2)cc1. The van der Waals surface area contributed by atoms with Crippen LogP contribution in [0.2, 0.25) is 0 Å². The lowest BCUT2D eigenvalue weighted by Gasteiger charge is -2.08. The zero-order chi connectivity index (χ0) is 16.7.